The van der Waals surface area contributed by atoms with Crippen molar-refractivity contribution in [3.63, 3.8) is 0 Å². The highest BCUT2D eigenvalue weighted by Gasteiger charge is 2.09. The molecule has 0 saturated carbocycles. The monoisotopic (exact) mass is 343 g/mol. The summed E-state index contributed by atoms with van der Waals surface area (Å²) in [5.41, 5.74) is 3.96. The molecular formula is C20H17N5O. The van der Waals surface area contributed by atoms with Crippen LogP contribution in [0.25, 0.3) is 22.3 Å². The molecule has 0 amide bonds. The van der Waals surface area contributed by atoms with E-state index in [0.29, 0.717) is 18.1 Å². The summed E-state index contributed by atoms with van der Waals surface area (Å²) in [5.74, 6) is 0.593. The Balaban J connectivity index is 1.62. The van der Waals surface area contributed by atoms with Crippen LogP contribution in [0.3, 0.4) is 0 Å². The molecule has 3 heterocycles. The van der Waals surface area contributed by atoms with Gasteiger partial charge >= 0.3 is 0 Å². The number of pyridine rings is 1. The number of aromatic amines is 1. The normalized spacial score (nSPS) is 10.8. The van der Waals surface area contributed by atoms with Gasteiger partial charge in [-0.3, -0.25) is 9.78 Å². The molecule has 0 fully saturated rings. The molecule has 1 aromatic carbocycles. The smallest absolute Gasteiger partial charge is 0.227 e. The fourth-order valence-corrected chi connectivity index (χ4v) is 2.76. The van der Waals surface area contributed by atoms with Gasteiger partial charge in [0.1, 0.15) is 0 Å². The van der Waals surface area contributed by atoms with Crippen molar-refractivity contribution in [2.24, 2.45) is 0 Å². The van der Waals surface area contributed by atoms with Crippen LogP contribution < -0.4 is 5.32 Å². The molecule has 0 radical (unpaired) electrons. The fourth-order valence-electron chi connectivity index (χ4n) is 2.76. The highest BCUT2D eigenvalue weighted by molar-refractivity contribution is 5.99. The molecule has 0 bridgehead atoms. The van der Waals surface area contributed by atoms with Crippen LogP contribution in [0.1, 0.15) is 23.8 Å². The van der Waals surface area contributed by atoms with Crippen molar-refractivity contribution in [3.8, 4) is 11.4 Å². The quantitative estimate of drug-likeness (QED) is 0.526. The van der Waals surface area contributed by atoms with E-state index in [-0.39, 0.29) is 5.78 Å². The molecule has 4 aromatic rings. The number of nitrogens with one attached hydrogen (secondary N) is 2. The van der Waals surface area contributed by atoms with Crippen LogP contribution in [-0.2, 0) is 0 Å². The highest BCUT2D eigenvalue weighted by atomic mass is 16.1. The minimum Gasteiger partial charge on any atom is -0.352 e. The Kier molecular flexibility index (Phi) is 4.15. The van der Waals surface area contributed by atoms with Crippen LogP contribution in [0, 0.1) is 0 Å². The number of nitrogens with zero attached hydrogens (tertiary/aromatic N) is 3. The number of carbonyl (C=O) groups is 1. The Hall–Kier alpha value is -3.54. The lowest BCUT2D eigenvalue weighted by molar-refractivity contribution is 0.0984. The van der Waals surface area contributed by atoms with Gasteiger partial charge in [-0.2, -0.15) is 0 Å². The molecule has 128 valence electrons. The maximum atomic E-state index is 11.9. The summed E-state index contributed by atoms with van der Waals surface area (Å²) in [7, 11) is 0. The molecule has 6 heteroatoms. The number of rotatable bonds is 5. The van der Waals surface area contributed by atoms with Gasteiger partial charge in [-0.15, -0.1) is 0 Å². The molecule has 26 heavy (non-hydrogen) atoms. The van der Waals surface area contributed by atoms with Crippen LogP contribution in [0.15, 0.2) is 60.9 Å². The molecule has 6 nitrogen and oxygen atoms in total. The minimum atomic E-state index is 0.0992. The molecule has 0 atom stereocenters. The summed E-state index contributed by atoms with van der Waals surface area (Å²) in [6.45, 7) is 1.85. The third-order valence-corrected chi connectivity index (χ3v) is 4.08. The molecule has 0 aliphatic heterocycles. The number of carbonyl (C=O) groups excluding carboxylic acids is 1. The molecule has 0 saturated heterocycles. The first-order chi connectivity index (χ1) is 12.7. The van der Waals surface area contributed by atoms with Gasteiger partial charge < -0.3 is 10.3 Å². The maximum absolute atomic E-state index is 11.9. The van der Waals surface area contributed by atoms with E-state index in [1.807, 2.05) is 55.5 Å². The van der Waals surface area contributed by atoms with Crippen molar-refractivity contribution >= 4 is 28.3 Å². The van der Waals surface area contributed by atoms with E-state index in [9.17, 15) is 4.79 Å². The second kappa shape index (κ2) is 6.76. The Labute approximate surface area is 150 Å². The van der Waals surface area contributed by atoms with Crippen LogP contribution in [0.4, 0.5) is 11.6 Å². The van der Waals surface area contributed by atoms with E-state index < -0.39 is 0 Å². The zero-order valence-electron chi connectivity index (χ0n) is 14.2. The molecule has 0 unspecified atom stereocenters. The molecule has 0 aliphatic rings. The molecule has 2 N–H and O–H groups in total. The van der Waals surface area contributed by atoms with E-state index in [4.69, 9.17) is 0 Å². The van der Waals surface area contributed by atoms with Crippen LogP contribution in [-0.4, -0.2) is 25.7 Å². The van der Waals surface area contributed by atoms with Crippen molar-refractivity contribution in [1.29, 1.82) is 0 Å². The van der Waals surface area contributed by atoms with E-state index in [1.165, 1.54) is 0 Å². The summed E-state index contributed by atoms with van der Waals surface area (Å²) in [4.78, 5) is 28.1. The average molecular weight is 343 g/mol. The highest BCUT2D eigenvalue weighted by Crippen LogP contribution is 2.23. The first-order valence-corrected chi connectivity index (χ1v) is 8.40. The molecule has 3 aromatic heterocycles. The van der Waals surface area contributed by atoms with E-state index in [1.54, 1.807) is 12.4 Å². The lowest BCUT2D eigenvalue weighted by atomic mass is 10.2. The first kappa shape index (κ1) is 16.0. The Morgan fingerprint density at radius 1 is 1.04 bits per heavy atom. The lowest BCUT2D eigenvalue weighted by Crippen LogP contribution is -1.98. The predicted molar refractivity (Wildman–Crippen MR) is 101 cm³/mol. The second-order valence-corrected chi connectivity index (χ2v) is 5.87. The van der Waals surface area contributed by atoms with Crippen molar-refractivity contribution in [2.75, 3.05) is 5.32 Å². The molecular weight excluding hydrogens is 326 g/mol. The maximum Gasteiger partial charge on any atom is 0.227 e. The summed E-state index contributed by atoms with van der Waals surface area (Å²) in [5, 5.41) is 4.18. The van der Waals surface area contributed by atoms with Crippen LogP contribution in [0.5, 0.6) is 0 Å². The summed E-state index contributed by atoms with van der Waals surface area (Å²) in [6, 6.07) is 15.2. The summed E-state index contributed by atoms with van der Waals surface area (Å²) < 4.78 is 0. The van der Waals surface area contributed by atoms with Gasteiger partial charge in [0.25, 0.3) is 0 Å². The van der Waals surface area contributed by atoms with Crippen molar-refractivity contribution in [2.45, 2.75) is 13.3 Å². The van der Waals surface area contributed by atoms with Gasteiger partial charge in [0.05, 0.1) is 17.1 Å². The van der Waals surface area contributed by atoms with E-state index in [0.717, 1.165) is 28.0 Å². The zero-order valence-corrected chi connectivity index (χ0v) is 14.2. The number of fused-ring (bicyclic) bond motifs is 1. The van der Waals surface area contributed by atoms with Gasteiger partial charge in [0.2, 0.25) is 5.95 Å². The number of anilines is 2. The van der Waals surface area contributed by atoms with Gasteiger partial charge in [-0.25, -0.2) is 9.97 Å². The lowest BCUT2D eigenvalue weighted by Gasteiger charge is -2.06. The largest absolute Gasteiger partial charge is 0.352 e. The summed E-state index contributed by atoms with van der Waals surface area (Å²) in [6.07, 6.45) is 3.91. The average Bonchev–Trinajstić information content (AvgIpc) is 3.12. The number of ketones is 1. The zero-order chi connectivity index (χ0) is 17.9. The molecule has 0 spiro atoms. The van der Waals surface area contributed by atoms with Crippen molar-refractivity contribution in [3.05, 3.63) is 66.6 Å². The predicted octanol–water partition coefficient (Wildman–Crippen LogP) is 4.36. The Morgan fingerprint density at radius 3 is 2.77 bits per heavy atom. The second-order valence-electron chi connectivity index (χ2n) is 5.87. The summed E-state index contributed by atoms with van der Waals surface area (Å²) >= 11 is 0. The van der Waals surface area contributed by atoms with Gasteiger partial charge in [-0.05, 0) is 42.5 Å². The minimum absolute atomic E-state index is 0.0992. The number of Topliss-reactive ketones (excluding diaryl/α,β-unsaturated/α-hetero) is 1. The number of H-pyrrole nitrogens is 1. The molecule has 0 aliphatic carbocycles. The van der Waals surface area contributed by atoms with Gasteiger partial charge in [0, 0.05) is 35.4 Å². The Morgan fingerprint density at radius 2 is 1.96 bits per heavy atom. The SMILES string of the molecule is CCC(=O)c1cc2cc(Nc3nccc(-c4ccccn4)n3)ccc2[nH]1. The Bertz CT molecular complexity index is 1070. The van der Waals surface area contributed by atoms with E-state index in [2.05, 4.69) is 25.3 Å². The van der Waals surface area contributed by atoms with E-state index >= 15 is 0 Å². The van der Waals surface area contributed by atoms with Crippen molar-refractivity contribution < 1.29 is 4.79 Å². The third-order valence-electron chi connectivity index (χ3n) is 4.08. The fraction of sp³-hybridized carbons (Fsp3) is 0.100. The number of benzene rings is 1. The molecule has 4 rings (SSSR count). The van der Waals surface area contributed by atoms with Gasteiger partial charge in [0.15, 0.2) is 5.78 Å². The van der Waals surface area contributed by atoms with Gasteiger partial charge in [-0.1, -0.05) is 13.0 Å². The van der Waals surface area contributed by atoms with Crippen molar-refractivity contribution in [1.82, 2.24) is 19.9 Å². The third kappa shape index (κ3) is 3.17. The number of hydrogen-bond donors (Lipinski definition) is 2. The standard InChI is InChI=1S/C20H17N5O/c1-2-19(26)18-12-13-11-14(6-7-15(13)24-18)23-20-22-10-8-17(25-20)16-5-3-4-9-21-16/h3-12,24H,2H2,1H3,(H,22,23,25). The number of hydrogen-bond acceptors (Lipinski definition) is 5. The van der Waals surface area contributed by atoms with Crippen LogP contribution in [0.2, 0.25) is 0 Å². The number of aromatic nitrogens is 4. The topological polar surface area (TPSA) is 83.6 Å². The first-order valence-electron chi connectivity index (χ1n) is 8.40. The van der Waals surface area contributed by atoms with Crippen LogP contribution >= 0.6 is 0 Å².